The third kappa shape index (κ3) is 3.17. The van der Waals surface area contributed by atoms with Crippen molar-refractivity contribution in [3.8, 4) is 6.07 Å². The molecule has 3 heteroatoms. The highest BCUT2D eigenvalue weighted by molar-refractivity contribution is 7.85. The monoisotopic (exact) mass is 221 g/mol. The van der Waals surface area contributed by atoms with Gasteiger partial charge in [0.2, 0.25) is 0 Å². The number of aryl methyl sites for hydroxylation is 2. The summed E-state index contributed by atoms with van der Waals surface area (Å²) < 4.78 is 11.8. The average Bonchev–Trinajstić information content (AvgIpc) is 2.21. The Morgan fingerprint density at radius 1 is 1.40 bits per heavy atom. The third-order valence-electron chi connectivity index (χ3n) is 2.36. The highest BCUT2D eigenvalue weighted by Crippen LogP contribution is 2.14. The van der Waals surface area contributed by atoms with Crippen LogP contribution in [0.5, 0.6) is 0 Å². The standard InChI is InChI=1S/C12H15NOS/c1-9(7-13)8-15(14)12-5-4-10(2)11(3)6-12/h4-6,9H,8H2,1-3H3. The Hall–Kier alpha value is -1.14. The van der Waals surface area contributed by atoms with Crippen molar-refractivity contribution in [3.63, 3.8) is 0 Å². The van der Waals surface area contributed by atoms with Gasteiger partial charge in [0.05, 0.1) is 22.8 Å². The van der Waals surface area contributed by atoms with Crippen LogP contribution in [0.1, 0.15) is 18.1 Å². The molecule has 1 rings (SSSR count). The maximum atomic E-state index is 11.8. The first-order valence-electron chi connectivity index (χ1n) is 4.90. The Labute approximate surface area is 93.4 Å². The Balaban J connectivity index is 2.84. The van der Waals surface area contributed by atoms with Crippen LogP contribution >= 0.6 is 0 Å². The van der Waals surface area contributed by atoms with Gasteiger partial charge in [0, 0.05) is 10.6 Å². The van der Waals surface area contributed by atoms with Crippen molar-refractivity contribution in [2.75, 3.05) is 5.75 Å². The first-order valence-corrected chi connectivity index (χ1v) is 6.21. The Bertz CT molecular complexity index is 420. The van der Waals surface area contributed by atoms with Gasteiger partial charge in [0.1, 0.15) is 0 Å². The van der Waals surface area contributed by atoms with Gasteiger partial charge in [0.15, 0.2) is 0 Å². The summed E-state index contributed by atoms with van der Waals surface area (Å²) in [6, 6.07) is 7.89. The van der Waals surface area contributed by atoms with E-state index >= 15 is 0 Å². The van der Waals surface area contributed by atoms with Crippen LogP contribution in [-0.2, 0) is 10.8 Å². The zero-order chi connectivity index (χ0) is 11.4. The third-order valence-corrected chi connectivity index (χ3v) is 3.95. The molecule has 0 fully saturated rings. The first kappa shape index (κ1) is 11.9. The molecule has 0 aliphatic heterocycles. The smallest absolute Gasteiger partial charge is 0.0662 e. The normalized spacial score (nSPS) is 14.3. The van der Waals surface area contributed by atoms with E-state index in [1.807, 2.05) is 32.0 Å². The molecule has 2 atom stereocenters. The van der Waals surface area contributed by atoms with Crippen molar-refractivity contribution in [3.05, 3.63) is 29.3 Å². The molecule has 0 spiro atoms. The zero-order valence-electron chi connectivity index (χ0n) is 9.28. The van der Waals surface area contributed by atoms with Gasteiger partial charge >= 0.3 is 0 Å². The van der Waals surface area contributed by atoms with Gasteiger partial charge in [-0.2, -0.15) is 5.26 Å². The molecule has 0 bridgehead atoms. The predicted molar refractivity (Wildman–Crippen MR) is 62.0 cm³/mol. The van der Waals surface area contributed by atoms with Crippen molar-refractivity contribution in [1.82, 2.24) is 0 Å². The summed E-state index contributed by atoms with van der Waals surface area (Å²) in [4.78, 5) is 0.820. The molecule has 0 radical (unpaired) electrons. The minimum Gasteiger partial charge on any atom is -0.254 e. The lowest BCUT2D eigenvalue weighted by Crippen LogP contribution is -2.06. The second-order valence-electron chi connectivity index (χ2n) is 3.79. The lowest BCUT2D eigenvalue weighted by molar-refractivity contribution is 0.676. The highest BCUT2D eigenvalue weighted by atomic mass is 32.2. The second-order valence-corrected chi connectivity index (χ2v) is 5.28. The maximum absolute atomic E-state index is 11.8. The van der Waals surface area contributed by atoms with E-state index in [1.54, 1.807) is 6.92 Å². The molecule has 0 aromatic heterocycles. The summed E-state index contributed by atoms with van der Waals surface area (Å²) in [6.07, 6.45) is 0. The van der Waals surface area contributed by atoms with Crippen molar-refractivity contribution >= 4 is 10.8 Å². The number of hydrogen-bond donors (Lipinski definition) is 0. The molecule has 1 aromatic rings. The van der Waals surface area contributed by atoms with E-state index in [-0.39, 0.29) is 5.92 Å². The topological polar surface area (TPSA) is 40.9 Å². The molecule has 0 aliphatic carbocycles. The fourth-order valence-corrected chi connectivity index (χ4v) is 2.47. The molecule has 2 nitrogen and oxygen atoms in total. The number of nitriles is 1. The van der Waals surface area contributed by atoms with E-state index in [1.165, 1.54) is 5.56 Å². The lowest BCUT2D eigenvalue weighted by Gasteiger charge is -2.06. The summed E-state index contributed by atoms with van der Waals surface area (Å²) in [7, 11) is -1.05. The molecular weight excluding hydrogens is 206 g/mol. The van der Waals surface area contributed by atoms with Crippen molar-refractivity contribution in [1.29, 1.82) is 5.26 Å². The van der Waals surface area contributed by atoms with Crippen LogP contribution in [0.15, 0.2) is 23.1 Å². The molecule has 0 heterocycles. The van der Waals surface area contributed by atoms with Gasteiger partial charge in [-0.1, -0.05) is 6.07 Å². The van der Waals surface area contributed by atoms with Crippen LogP contribution in [0.3, 0.4) is 0 Å². The molecule has 0 aliphatic rings. The van der Waals surface area contributed by atoms with Gasteiger partial charge in [-0.05, 0) is 44.0 Å². The van der Waals surface area contributed by atoms with Gasteiger partial charge in [-0.25, -0.2) is 0 Å². The summed E-state index contributed by atoms with van der Waals surface area (Å²) >= 11 is 0. The van der Waals surface area contributed by atoms with E-state index in [9.17, 15) is 4.21 Å². The molecule has 0 saturated heterocycles. The molecule has 80 valence electrons. The van der Waals surface area contributed by atoms with Crippen LogP contribution < -0.4 is 0 Å². The molecule has 2 unspecified atom stereocenters. The predicted octanol–water partition coefficient (Wildman–Crippen LogP) is 2.57. The second kappa shape index (κ2) is 5.09. The van der Waals surface area contributed by atoms with Crippen LogP contribution in [0.2, 0.25) is 0 Å². The summed E-state index contributed by atoms with van der Waals surface area (Å²) in [5.41, 5.74) is 2.34. The van der Waals surface area contributed by atoms with Gasteiger partial charge < -0.3 is 0 Å². The molecular formula is C12H15NOS. The number of benzene rings is 1. The largest absolute Gasteiger partial charge is 0.254 e. The molecule has 1 aromatic carbocycles. The first-order chi connectivity index (χ1) is 7.04. The SMILES string of the molecule is Cc1ccc(S(=O)CC(C)C#N)cc1C. The van der Waals surface area contributed by atoms with Crippen molar-refractivity contribution in [2.24, 2.45) is 5.92 Å². The lowest BCUT2D eigenvalue weighted by atomic mass is 10.1. The number of hydrogen-bond acceptors (Lipinski definition) is 2. The summed E-state index contributed by atoms with van der Waals surface area (Å²) in [5.74, 6) is 0.256. The fraction of sp³-hybridized carbons (Fsp3) is 0.417. The van der Waals surface area contributed by atoms with Crippen molar-refractivity contribution < 1.29 is 4.21 Å². The van der Waals surface area contributed by atoms with E-state index in [0.29, 0.717) is 5.75 Å². The van der Waals surface area contributed by atoms with E-state index in [2.05, 4.69) is 6.07 Å². The summed E-state index contributed by atoms with van der Waals surface area (Å²) in [5, 5.41) is 8.64. The molecule has 0 saturated carbocycles. The van der Waals surface area contributed by atoms with Crippen LogP contribution in [0.25, 0.3) is 0 Å². The minimum atomic E-state index is -1.05. The minimum absolute atomic E-state index is 0.160. The number of rotatable bonds is 3. The van der Waals surface area contributed by atoms with Crippen LogP contribution in [-0.4, -0.2) is 9.96 Å². The Morgan fingerprint density at radius 2 is 2.07 bits per heavy atom. The number of nitrogens with zero attached hydrogens (tertiary/aromatic N) is 1. The van der Waals surface area contributed by atoms with E-state index in [4.69, 9.17) is 5.26 Å². The zero-order valence-corrected chi connectivity index (χ0v) is 10.1. The van der Waals surface area contributed by atoms with Gasteiger partial charge in [-0.15, -0.1) is 0 Å². The maximum Gasteiger partial charge on any atom is 0.0662 e. The highest BCUT2D eigenvalue weighted by Gasteiger charge is 2.09. The average molecular weight is 221 g/mol. The Morgan fingerprint density at radius 3 is 2.60 bits per heavy atom. The molecule has 0 amide bonds. The van der Waals surface area contributed by atoms with Crippen molar-refractivity contribution in [2.45, 2.75) is 25.7 Å². The molecule has 0 N–H and O–H groups in total. The van der Waals surface area contributed by atoms with E-state index in [0.717, 1.165) is 10.5 Å². The quantitative estimate of drug-likeness (QED) is 0.787. The summed E-state index contributed by atoms with van der Waals surface area (Å²) in [6.45, 7) is 5.82. The molecule has 15 heavy (non-hydrogen) atoms. The van der Waals surface area contributed by atoms with Gasteiger partial charge in [0.25, 0.3) is 0 Å². The van der Waals surface area contributed by atoms with Crippen LogP contribution in [0.4, 0.5) is 0 Å². The van der Waals surface area contributed by atoms with Crippen LogP contribution in [0, 0.1) is 31.1 Å². The Kier molecular flexibility index (Phi) is 4.05. The fourth-order valence-electron chi connectivity index (χ4n) is 1.22. The van der Waals surface area contributed by atoms with E-state index < -0.39 is 10.8 Å². The van der Waals surface area contributed by atoms with Gasteiger partial charge in [-0.3, -0.25) is 4.21 Å².